The van der Waals surface area contributed by atoms with Crippen molar-refractivity contribution in [2.75, 3.05) is 26.2 Å². The summed E-state index contributed by atoms with van der Waals surface area (Å²) >= 11 is 3.70. The first-order chi connectivity index (χ1) is 10.7. The van der Waals surface area contributed by atoms with Crippen LogP contribution in [0.15, 0.2) is 0 Å². The Labute approximate surface area is 145 Å². The molecular weight excluding hydrogens is 288 g/mol. The quantitative estimate of drug-likeness (QED) is 0.156. The molecule has 0 saturated carbocycles. The molecule has 0 aromatic rings. The lowest BCUT2D eigenvalue weighted by molar-refractivity contribution is -0.929. The van der Waals surface area contributed by atoms with E-state index in [4.69, 9.17) is 5.41 Å². The van der Waals surface area contributed by atoms with Gasteiger partial charge in [0.2, 0.25) is 0 Å². The first-order valence-electron chi connectivity index (χ1n) is 9.52. The number of hydrogen-bond donors (Lipinski definition) is 0. The van der Waals surface area contributed by atoms with Crippen LogP contribution >= 0.6 is 12.2 Å². The van der Waals surface area contributed by atoms with Crippen LogP contribution in [0.4, 0.5) is 0 Å². The van der Waals surface area contributed by atoms with E-state index < -0.39 is 0 Å². The molecule has 2 nitrogen and oxygen atoms in total. The molecular formula is C19H40N2S. The number of unbranched alkanes of at least 4 members (excludes halogenated alkanes) is 6. The van der Waals surface area contributed by atoms with Crippen LogP contribution < -0.4 is 0 Å². The zero-order valence-electron chi connectivity index (χ0n) is 15.7. The molecule has 0 fully saturated rings. The molecule has 0 aromatic heterocycles. The van der Waals surface area contributed by atoms with Crippen LogP contribution in [0.3, 0.4) is 0 Å². The zero-order chi connectivity index (χ0) is 17.1. The van der Waals surface area contributed by atoms with Gasteiger partial charge in [-0.3, -0.25) is 0 Å². The summed E-state index contributed by atoms with van der Waals surface area (Å²) in [5, 5.41) is 8.47. The van der Waals surface area contributed by atoms with E-state index in [9.17, 15) is 0 Å². The Morgan fingerprint density at radius 3 is 1.18 bits per heavy atom. The van der Waals surface area contributed by atoms with E-state index in [2.05, 4.69) is 39.9 Å². The van der Waals surface area contributed by atoms with Gasteiger partial charge in [-0.1, -0.05) is 59.2 Å². The van der Waals surface area contributed by atoms with Crippen LogP contribution in [-0.2, 0) is 0 Å². The molecule has 0 bridgehead atoms. The zero-order valence-corrected chi connectivity index (χ0v) is 16.5. The Kier molecular flexibility index (Phi) is 20.5. The number of quaternary nitrogens is 1. The van der Waals surface area contributed by atoms with Gasteiger partial charge in [-0.15, -0.1) is 0 Å². The number of rotatable bonds is 14. The number of nitrogens with zero attached hydrogens (tertiary/aromatic N) is 2. The van der Waals surface area contributed by atoms with Crippen LogP contribution in [-0.4, -0.2) is 35.8 Å². The van der Waals surface area contributed by atoms with E-state index in [0.717, 1.165) is 0 Å². The van der Waals surface area contributed by atoms with Crippen molar-refractivity contribution in [1.82, 2.24) is 0 Å². The standard InChI is InChI=1S/C18H40N.CNS/c1-5-9-12-16-19(15-8-4,17-13-10-6-2)18-14-11-7-3;2-1-3/h5-18H2,1-4H3;/q+1;-1. The van der Waals surface area contributed by atoms with Crippen molar-refractivity contribution in [3.05, 3.63) is 5.41 Å². The van der Waals surface area contributed by atoms with Gasteiger partial charge in [0.25, 0.3) is 0 Å². The van der Waals surface area contributed by atoms with E-state index in [1.165, 1.54) is 100 Å². The molecule has 0 radical (unpaired) electrons. The summed E-state index contributed by atoms with van der Waals surface area (Å²) in [5.41, 5.74) is 0. The molecule has 0 rings (SSSR count). The fraction of sp³-hybridized carbons (Fsp3) is 0.947. The van der Waals surface area contributed by atoms with Gasteiger partial charge in [0, 0.05) is 0 Å². The van der Waals surface area contributed by atoms with Gasteiger partial charge in [0.05, 0.1) is 26.2 Å². The third-order valence-corrected chi connectivity index (χ3v) is 4.41. The molecule has 0 atom stereocenters. The van der Waals surface area contributed by atoms with Crippen molar-refractivity contribution in [1.29, 1.82) is 0 Å². The van der Waals surface area contributed by atoms with E-state index >= 15 is 0 Å². The van der Waals surface area contributed by atoms with Gasteiger partial charge in [0.1, 0.15) is 0 Å². The summed E-state index contributed by atoms with van der Waals surface area (Å²) in [5.74, 6) is 0. The first-order valence-corrected chi connectivity index (χ1v) is 9.93. The van der Waals surface area contributed by atoms with Gasteiger partial charge in [-0.05, 0) is 44.9 Å². The number of thiocarbonyl (C=S) groups is 1. The number of hydrogen-bond acceptors (Lipinski definition) is 1. The highest BCUT2D eigenvalue weighted by molar-refractivity contribution is 7.78. The minimum absolute atomic E-state index is 1.33. The van der Waals surface area contributed by atoms with Crippen molar-refractivity contribution in [3.8, 4) is 0 Å². The smallest absolute Gasteiger partial charge is 0.0786 e. The third-order valence-electron chi connectivity index (χ3n) is 4.41. The van der Waals surface area contributed by atoms with Crippen molar-refractivity contribution in [3.63, 3.8) is 0 Å². The minimum atomic E-state index is 1.33. The predicted molar refractivity (Wildman–Crippen MR) is 105 cm³/mol. The van der Waals surface area contributed by atoms with Gasteiger partial charge in [0.15, 0.2) is 0 Å². The van der Waals surface area contributed by atoms with Crippen LogP contribution in [0, 0.1) is 0 Å². The van der Waals surface area contributed by atoms with Crippen LogP contribution in [0.1, 0.15) is 91.9 Å². The van der Waals surface area contributed by atoms with Crippen LogP contribution in [0.2, 0.25) is 0 Å². The van der Waals surface area contributed by atoms with Crippen molar-refractivity contribution >= 4 is 17.4 Å². The molecule has 132 valence electrons. The van der Waals surface area contributed by atoms with E-state index in [1.54, 1.807) is 0 Å². The maximum absolute atomic E-state index is 7.13. The SMILES string of the molecule is CCCCC[N+](CCC)(CCCCC)CCCCC.[N-]=C=S. The lowest BCUT2D eigenvalue weighted by Gasteiger charge is -2.39. The summed E-state index contributed by atoms with van der Waals surface area (Å²) < 4.78 is 1.43. The number of isothiocyanates is 1. The van der Waals surface area contributed by atoms with E-state index in [-0.39, 0.29) is 0 Å². The molecule has 0 aliphatic rings. The highest BCUT2D eigenvalue weighted by Gasteiger charge is 2.24. The largest absolute Gasteiger partial charge is 0.753 e. The summed E-state index contributed by atoms with van der Waals surface area (Å²) in [6, 6.07) is 0. The normalized spacial score (nSPS) is 10.7. The Morgan fingerprint density at radius 1 is 0.636 bits per heavy atom. The summed E-state index contributed by atoms with van der Waals surface area (Å²) in [7, 11) is 0. The molecule has 0 spiro atoms. The van der Waals surface area contributed by atoms with E-state index in [1.807, 2.05) is 0 Å². The average Bonchev–Trinajstić information content (AvgIpc) is 2.49. The van der Waals surface area contributed by atoms with Crippen molar-refractivity contribution in [2.24, 2.45) is 0 Å². The van der Waals surface area contributed by atoms with Gasteiger partial charge >= 0.3 is 0 Å². The monoisotopic (exact) mass is 328 g/mol. The van der Waals surface area contributed by atoms with Crippen molar-refractivity contribution < 1.29 is 4.48 Å². The molecule has 0 aliphatic heterocycles. The molecule has 0 aliphatic carbocycles. The Bertz CT molecular complexity index is 221. The van der Waals surface area contributed by atoms with E-state index in [0.29, 0.717) is 0 Å². The molecule has 0 heterocycles. The van der Waals surface area contributed by atoms with Crippen molar-refractivity contribution in [2.45, 2.75) is 91.9 Å². The second kappa shape index (κ2) is 18.8. The highest BCUT2D eigenvalue weighted by Crippen LogP contribution is 2.17. The molecule has 0 N–H and O–H groups in total. The van der Waals surface area contributed by atoms with Crippen LogP contribution in [0.25, 0.3) is 5.41 Å². The first kappa shape index (κ1) is 24.0. The molecule has 22 heavy (non-hydrogen) atoms. The average molecular weight is 329 g/mol. The second-order valence-electron chi connectivity index (χ2n) is 6.45. The topological polar surface area (TPSA) is 22.3 Å². The lowest BCUT2D eigenvalue weighted by Crippen LogP contribution is -2.50. The van der Waals surface area contributed by atoms with Gasteiger partial charge < -0.3 is 9.89 Å². The third kappa shape index (κ3) is 14.7. The second-order valence-corrected chi connectivity index (χ2v) is 6.63. The maximum atomic E-state index is 7.13. The fourth-order valence-electron chi connectivity index (χ4n) is 3.24. The predicted octanol–water partition coefficient (Wildman–Crippen LogP) is 6.44. The summed E-state index contributed by atoms with van der Waals surface area (Å²) in [6.45, 7) is 15.1. The van der Waals surface area contributed by atoms with Gasteiger partial charge in [-0.25, -0.2) is 0 Å². The molecule has 3 heteroatoms. The van der Waals surface area contributed by atoms with Crippen LogP contribution in [0.5, 0.6) is 0 Å². The fourth-order valence-corrected chi connectivity index (χ4v) is 3.24. The molecule has 0 aromatic carbocycles. The Balaban J connectivity index is 0. The lowest BCUT2D eigenvalue weighted by atomic mass is 10.1. The molecule has 0 amide bonds. The minimum Gasteiger partial charge on any atom is -0.753 e. The maximum Gasteiger partial charge on any atom is 0.0786 e. The Morgan fingerprint density at radius 2 is 0.955 bits per heavy atom. The van der Waals surface area contributed by atoms with Gasteiger partial charge in [-0.2, -0.15) is 5.16 Å². The summed E-state index contributed by atoms with van der Waals surface area (Å²) in [6.07, 6.45) is 14.0. The molecule has 0 saturated heterocycles. The summed E-state index contributed by atoms with van der Waals surface area (Å²) in [4.78, 5) is 0. The Hall–Kier alpha value is -0.240. The highest BCUT2D eigenvalue weighted by atomic mass is 32.1. The molecule has 0 unspecified atom stereocenters.